The second-order valence-electron chi connectivity index (χ2n) is 8.05. The van der Waals surface area contributed by atoms with Crippen molar-refractivity contribution in [2.24, 2.45) is 0 Å². The van der Waals surface area contributed by atoms with Crippen LogP contribution in [0.5, 0.6) is 0 Å². The van der Waals surface area contributed by atoms with Gasteiger partial charge in [-0.15, -0.1) is 12.4 Å². The van der Waals surface area contributed by atoms with Crippen LogP contribution in [0.25, 0.3) is 0 Å². The number of rotatable bonds is 3. The number of hydrogen-bond donors (Lipinski definition) is 0. The van der Waals surface area contributed by atoms with Crippen molar-refractivity contribution in [1.82, 2.24) is 9.80 Å². The van der Waals surface area contributed by atoms with Gasteiger partial charge in [0.05, 0.1) is 18.2 Å². The Labute approximate surface area is 182 Å². The Morgan fingerprint density at radius 3 is 2.37 bits per heavy atom. The molecule has 4 rings (SSSR count). The van der Waals surface area contributed by atoms with Crippen LogP contribution in [0.15, 0.2) is 36.4 Å². The van der Waals surface area contributed by atoms with E-state index in [0.717, 1.165) is 29.8 Å². The van der Waals surface area contributed by atoms with Crippen LogP contribution in [0.1, 0.15) is 39.5 Å². The summed E-state index contributed by atoms with van der Waals surface area (Å²) in [7, 11) is 2.04. The highest BCUT2D eigenvalue weighted by atomic mass is 35.5. The molecule has 0 N–H and O–H groups in total. The Hall–Kier alpha value is -2.44. The molecule has 5 nitrogen and oxygen atoms in total. The molecule has 0 aliphatic carbocycles. The molecule has 2 aliphatic heterocycles. The third-order valence-electron chi connectivity index (χ3n) is 6.12. The predicted octanol–water partition coefficient (Wildman–Crippen LogP) is 3.73. The Bertz CT molecular complexity index is 973. The van der Waals surface area contributed by atoms with Crippen molar-refractivity contribution in [2.75, 3.05) is 38.1 Å². The molecule has 0 radical (unpaired) electrons. The summed E-state index contributed by atoms with van der Waals surface area (Å²) in [4.78, 5) is 31.8. The van der Waals surface area contributed by atoms with Crippen molar-refractivity contribution in [1.29, 1.82) is 0 Å². The predicted molar refractivity (Wildman–Crippen MR) is 118 cm³/mol. The summed E-state index contributed by atoms with van der Waals surface area (Å²) >= 11 is 0. The van der Waals surface area contributed by atoms with Gasteiger partial charge in [0.15, 0.2) is 0 Å². The van der Waals surface area contributed by atoms with E-state index in [1.807, 2.05) is 37.9 Å². The third kappa shape index (κ3) is 3.94. The van der Waals surface area contributed by atoms with E-state index >= 15 is 0 Å². The fraction of sp³-hybridized carbons (Fsp3) is 0.391. The molecular weight excluding hydrogens is 405 g/mol. The van der Waals surface area contributed by atoms with E-state index in [1.54, 1.807) is 18.2 Å². The molecular formula is C23H27ClFN3O2. The third-order valence-corrected chi connectivity index (χ3v) is 6.12. The van der Waals surface area contributed by atoms with E-state index in [4.69, 9.17) is 0 Å². The van der Waals surface area contributed by atoms with Crippen molar-refractivity contribution in [3.8, 4) is 0 Å². The summed E-state index contributed by atoms with van der Waals surface area (Å²) in [6, 6.07) is 9.61. The molecule has 2 amide bonds. The lowest BCUT2D eigenvalue weighted by Crippen LogP contribution is -2.47. The zero-order chi connectivity index (χ0) is 20.7. The standard InChI is InChI=1S/C23H26FN3O2.ClH/c1-15-12-17-18(13-16(15)2)23(29)27(20-7-5-4-6-19(20)24)21(17)14-22(28)26-10-8-25(3)9-11-26;/h4-7,12-13,21H,8-11,14H2,1-3H3;1H. The zero-order valence-electron chi connectivity index (χ0n) is 17.5. The van der Waals surface area contributed by atoms with Crippen molar-refractivity contribution >= 4 is 29.9 Å². The van der Waals surface area contributed by atoms with Gasteiger partial charge in [-0.25, -0.2) is 4.39 Å². The van der Waals surface area contributed by atoms with E-state index in [0.29, 0.717) is 18.7 Å². The van der Waals surface area contributed by atoms with Gasteiger partial charge >= 0.3 is 0 Å². The minimum absolute atomic E-state index is 0. The van der Waals surface area contributed by atoms with Gasteiger partial charge in [-0.05, 0) is 55.8 Å². The normalized spacial score (nSPS) is 18.9. The number of anilines is 1. The average Bonchev–Trinajstić information content (AvgIpc) is 2.94. The molecule has 0 aromatic heterocycles. The smallest absolute Gasteiger partial charge is 0.259 e. The number of carbonyl (C=O) groups excluding carboxylic acids is 2. The molecule has 1 unspecified atom stereocenters. The summed E-state index contributed by atoms with van der Waals surface area (Å²) in [5.74, 6) is -0.702. The molecule has 160 valence electrons. The number of piperazine rings is 1. The molecule has 2 aromatic carbocycles. The number of nitrogens with zero attached hydrogens (tertiary/aromatic N) is 3. The zero-order valence-corrected chi connectivity index (χ0v) is 18.3. The first kappa shape index (κ1) is 22.2. The van der Waals surface area contributed by atoms with Gasteiger partial charge in [0.25, 0.3) is 5.91 Å². The topological polar surface area (TPSA) is 43.9 Å². The van der Waals surface area contributed by atoms with Crippen molar-refractivity contribution in [3.63, 3.8) is 0 Å². The summed E-state index contributed by atoms with van der Waals surface area (Å²) in [5, 5.41) is 0. The Morgan fingerprint density at radius 1 is 1.07 bits per heavy atom. The minimum atomic E-state index is -0.499. The number of para-hydroxylation sites is 1. The highest BCUT2D eigenvalue weighted by molar-refractivity contribution is 6.11. The lowest BCUT2D eigenvalue weighted by Gasteiger charge is -2.34. The second kappa shape index (κ2) is 8.74. The summed E-state index contributed by atoms with van der Waals surface area (Å²) in [6.45, 7) is 6.97. The quantitative estimate of drug-likeness (QED) is 0.743. The van der Waals surface area contributed by atoms with E-state index in [9.17, 15) is 14.0 Å². The van der Waals surface area contributed by atoms with Crippen molar-refractivity contribution in [3.05, 3.63) is 64.5 Å². The van der Waals surface area contributed by atoms with E-state index in [-0.39, 0.29) is 36.3 Å². The molecule has 1 saturated heterocycles. The molecule has 2 aliphatic rings. The number of halogens is 2. The molecule has 1 atom stereocenters. The first-order chi connectivity index (χ1) is 13.9. The van der Waals surface area contributed by atoms with Crippen molar-refractivity contribution in [2.45, 2.75) is 26.3 Å². The highest BCUT2D eigenvalue weighted by Crippen LogP contribution is 2.41. The van der Waals surface area contributed by atoms with E-state index < -0.39 is 11.9 Å². The van der Waals surface area contributed by atoms with Gasteiger partial charge in [0.1, 0.15) is 5.82 Å². The average molecular weight is 432 g/mol. The molecule has 2 heterocycles. The van der Waals surface area contributed by atoms with Crippen LogP contribution in [0.4, 0.5) is 10.1 Å². The second-order valence-corrected chi connectivity index (χ2v) is 8.05. The molecule has 7 heteroatoms. The van der Waals surface area contributed by atoms with Gasteiger partial charge in [-0.2, -0.15) is 0 Å². The molecule has 30 heavy (non-hydrogen) atoms. The number of benzene rings is 2. The lowest BCUT2D eigenvalue weighted by atomic mass is 9.96. The fourth-order valence-corrected chi connectivity index (χ4v) is 4.19. The summed E-state index contributed by atoms with van der Waals surface area (Å²) < 4.78 is 14.6. The Balaban J connectivity index is 0.00000256. The van der Waals surface area contributed by atoms with Crippen molar-refractivity contribution < 1.29 is 14.0 Å². The van der Waals surface area contributed by atoms with Crippen LogP contribution in [0.2, 0.25) is 0 Å². The number of likely N-dealkylation sites (N-methyl/N-ethyl adjacent to an activating group) is 1. The largest absolute Gasteiger partial charge is 0.340 e. The van der Waals surface area contributed by atoms with E-state index in [2.05, 4.69) is 4.90 Å². The van der Waals surface area contributed by atoms with E-state index in [1.165, 1.54) is 11.0 Å². The van der Waals surface area contributed by atoms with Gasteiger partial charge in [0.2, 0.25) is 5.91 Å². The van der Waals surface area contributed by atoms with Crippen LogP contribution >= 0.6 is 12.4 Å². The van der Waals surface area contributed by atoms with Gasteiger partial charge in [-0.3, -0.25) is 14.5 Å². The van der Waals surface area contributed by atoms with Crippen LogP contribution in [-0.2, 0) is 4.79 Å². The lowest BCUT2D eigenvalue weighted by molar-refractivity contribution is -0.133. The summed E-state index contributed by atoms with van der Waals surface area (Å²) in [5.41, 5.74) is 3.66. The number of carbonyl (C=O) groups is 2. The Kier molecular flexibility index (Phi) is 6.48. The van der Waals surface area contributed by atoms with Crippen LogP contribution in [0.3, 0.4) is 0 Å². The van der Waals surface area contributed by atoms with Crippen LogP contribution in [-0.4, -0.2) is 54.8 Å². The van der Waals surface area contributed by atoms with Gasteiger partial charge < -0.3 is 9.80 Å². The molecule has 2 aromatic rings. The Morgan fingerprint density at radius 2 is 1.70 bits per heavy atom. The number of aryl methyl sites for hydroxylation is 2. The first-order valence-electron chi connectivity index (χ1n) is 10.0. The molecule has 0 spiro atoms. The maximum absolute atomic E-state index is 14.6. The monoisotopic (exact) mass is 431 g/mol. The first-order valence-corrected chi connectivity index (χ1v) is 10.0. The molecule has 0 saturated carbocycles. The minimum Gasteiger partial charge on any atom is -0.340 e. The molecule has 1 fully saturated rings. The number of fused-ring (bicyclic) bond motifs is 1. The SMILES string of the molecule is Cc1cc2c(cc1C)C(CC(=O)N1CCN(C)CC1)N(c1ccccc1F)C2=O.Cl. The summed E-state index contributed by atoms with van der Waals surface area (Å²) in [6.07, 6.45) is 0.152. The van der Waals surface area contributed by atoms with Crippen LogP contribution in [0, 0.1) is 19.7 Å². The highest BCUT2D eigenvalue weighted by Gasteiger charge is 2.41. The maximum Gasteiger partial charge on any atom is 0.259 e. The fourth-order valence-electron chi connectivity index (χ4n) is 4.19. The van der Waals surface area contributed by atoms with Crippen LogP contribution < -0.4 is 4.90 Å². The van der Waals surface area contributed by atoms with Gasteiger partial charge in [0, 0.05) is 31.7 Å². The number of hydrogen-bond acceptors (Lipinski definition) is 3. The number of amides is 2. The van der Waals surface area contributed by atoms with Gasteiger partial charge in [-0.1, -0.05) is 18.2 Å². The molecule has 0 bridgehead atoms. The maximum atomic E-state index is 14.6.